The molecular formula is C30H24F4N2O5S. The van der Waals surface area contributed by atoms with E-state index in [9.17, 15) is 35.6 Å². The molecule has 0 heterocycles. The average molecular weight is 601 g/mol. The van der Waals surface area contributed by atoms with E-state index in [0.717, 1.165) is 34.6 Å². The van der Waals surface area contributed by atoms with Gasteiger partial charge in [0.25, 0.3) is 5.91 Å². The Bertz CT molecular complexity index is 1710. The quantitative estimate of drug-likeness (QED) is 0.176. The number of carbonyl (C=O) groups excluding carboxylic acids is 2. The maximum Gasteiger partial charge on any atom is 0.338 e. The molecule has 0 aliphatic rings. The normalized spacial score (nSPS) is 11.4. The van der Waals surface area contributed by atoms with E-state index in [1.165, 1.54) is 36.4 Å². The molecule has 1 amide bonds. The highest BCUT2D eigenvalue weighted by Gasteiger charge is 2.27. The molecule has 0 unspecified atom stereocenters. The van der Waals surface area contributed by atoms with E-state index in [1.54, 1.807) is 19.1 Å². The predicted octanol–water partition coefficient (Wildman–Crippen LogP) is 6.06. The van der Waals surface area contributed by atoms with Crippen LogP contribution in [0.1, 0.15) is 38.8 Å². The number of esters is 1. The second-order valence-corrected chi connectivity index (χ2v) is 11.0. The molecule has 0 spiro atoms. The fourth-order valence-corrected chi connectivity index (χ4v) is 5.39. The molecule has 4 rings (SSSR count). The molecule has 0 fully saturated rings. The number of hydrogen-bond acceptors (Lipinski definition) is 5. The SMILES string of the molecule is CCOC(=O)c1ccc(CN(Cc2ccc(F)cc2)S(=O)(=O)c2ccc(F)c(C(=O)Nc3ccc(F)c(F)c3)c2)cc1. The van der Waals surface area contributed by atoms with Crippen molar-refractivity contribution >= 4 is 27.6 Å². The standard InChI is InChI=1S/C30H24F4N2O5S/c1-2-41-30(38)21-7-3-19(4-8-21)17-36(18-20-5-9-22(31)10-6-20)42(39,40)24-12-14-26(32)25(16-24)29(37)35-23-11-13-27(33)28(34)15-23/h3-16H,2,17-18H2,1H3,(H,35,37). The van der Waals surface area contributed by atoms with Crippen LogP contribution in [0, 0.1) is 23.3 Å². The van der Waals surface area contributed by atoms with Gasteiger partial charge < -0.3 is 10.1 Å². The van der Waals surface area contributed by atoms with Gasteiger partial charge in [-0.1, -0.05) is 24.3 Å². The van der Waals surface area contributed by atoms with Crippen molar-refractivity contribution < 1.29 is 40.3 Å². The van der Waals surface area contributed by atoms with Crippen LogP contribution in [0.5, 0.6) is 0 Å². The van der Waals surface area contributed by atoms with Crippen molar-refractivity contribution in [3.05, 3.63) is 130 Å². The average Bonchev–Trinajstić information content (AvgIpc) is 2.96. The summed E-state index contributed by atoms with van der Waals surface area (Å²) in [6.45, 7) is 1.44. The number of nitrogens with zero attached hydrogens (tertiary/aromatic N) is 1. The van der Waals surface area contributed by atoms with E-state index < -0.39 is 55.6 Å². The van der Waals surface area contributed by atoms with Gasteiger partial charge in [-0.05, 0) is 72.6 Å². The smallest absolute Gasteiger partial charge is 0.338 e. The first-order valence-electron chi connectivity index (χ1n) is 12.5. The highest BCUT2D eigenvalue weighted by Crippen LogP contribution is 2.25. The van der Waals surface area contributed by atoms with Gasteiger partial charge in [-0.25, -0.2) is 30.8 Å². The van der Waals surface area contributed by atoms with Gasteiger partial charge in [0, 0.05) is 24.8 Å². The molecule has 0 aromatic heterocycles. The van der Waals surface area contributed by atoms with E-state index in [-0.39, 0.29) is 30.9 Å². The summed E-state index contributed by atoms with van der Waals surface area (Å²) in [7, 11) is -4.41. The lowest BCUT2D eigenvalue weighted by molar-refractivity contribution is 0.0526. The summed E-state index contributed by atoms with van der Waals surface area (Å²) in [6, 6.07) is 16.4. The number of sulfonamides is 1. The van der Waals surface area contributed by atoms with Gasteiger partial charge in [0.15, 0.2) is 11.6 Å². The van der Waals surface area contributed by atoms with Crippen LogP contribution in [0.25, 0.3) is 0 Å². The van der Waals surface area contributed by atoms with Crippen molar-refractivity contribution in [1.82, 2.24) is 4.31 Å². The molecule has 42 heavy (non-hydrogen) atoms. The van der Waals surface area contributed by atoms with Gasteiger partial charge in [0.05, 0.1) is 22.6 Å². The number of ether oxygens (including phenoxy) is 1. The summed E-state index contributed by atoms with van der Waals surface area (Å²) in [5.74, 6) is -5.58. The molecule has 0 saturated heterocycles. The molecule has 12 heteroatoms. The van der Waals surface area contributed by atoms with Crippen LogP contribution in [0.2, 0.25) is 0 Å². The van der Waals surface area contributed by atoms with Gasteiger partial charge in [0.1, 0.15) is 11.6 Å². The van der Waals surface area contributed by atoms with Crippen LogP contribution in [0.4, 0.5) is 23.2 Å². The zero-order chi connectivity index (χ0) is 30.4. The zero-order valence-corrected chi connectivity index (χ0v) is 22.9. The van der Waals surface area contributed by atoms with Crippen molar-refractivity contribution in [3.63, 3.8) is 0 Å². The summed E-state index contributed by atoms with van der Waals surface area (Å²) >= 11 is 0. The van der Waals surface area contributed by atoms with Crippen LogP contribution in [0.15, 0.2) is 89.8 Å². The minimum atomic E-state index is -4.41. The largest absolute Gasteiger partial charge is 0.462 e. The number of benzene rings is 4. The van der Waals surface area contributed by atoms with Gasteiger partial charge in [0.2, 0.25) is 10.0 Å². The molecular weight excluding hydrogens is 576 g/mol. The first-order valence-corrected chi connectivity index (χ1v) is 14.0. The number of anilines is 1. The van der Waals surface area contributed by atoms with Crippen LogP contribution >= 0.6 is 0 Å². The third kappa shape index (κ3) is 7.20. The second-order valence-electron chi connectivity index (χ2n) is 9.04. The summed E-state index contributed by atoms with van der Waals surface area (Å²) in [5.41, 5.74) is 0.384. The summed E-state index contributed by atoms with van der Waals surface area (Å²) in [5, 5.41) is 2.22. The number of nitrogens with one attached hydrogen (secondary N) is 1. The Kier molecular flexibility index (Phi) is 9.38. The molecule has 7 nitrogen and oxygen atoms in total. The fourth-order valence-electron chi connectivity index (χ4n) is 3.94. The molecule has 4 aromatic carbocycles. The van der Waals surface area contributed by atoms with Crippen molar-refractivity contribution in [2.75, 3.05) is 11.9 Å². The van der Waals surface area contributed by atoms with Crippen LogP contribution in [-0.2, 0) is 27.8 Å². The van der Waals surface area contributed by atoms with Crippen molar-refractivity contribution in [2.24, 2.45) is 0 Å². The fraction of sp³-hybridized carbons (Fsp3) is 0.133. The Morgan fingerprint density at radius 3 is 1.95 bits per heavy atom. The maximum absolute atomic E-state index is 14.7. The lowest BCUT2D eigenvalue weighted by Crippen LogP contribution is -2.30. The molecule has 0 aliphatic heterocycles. The molecule has 0 bridgehead atoms. The molecule has 0 atom stereocenters. The Morgan fingerprint density at radius 2 is 1.36 bits per heavy atom. The van der Waals surface area contributed by atoms with Crippen LogP contribution < -0.4 is 5.32 Å². The Balaban J connectivity index is 1.66. The molecule has 1 N–H and O–H groups in total. The Morgan fingerprint density at radius 1 is 0.762 bits per heavy atom. The van der Waals surface area contributed by atoms with Gasteiger partial charge in [-0.15, -0.1) is 0 Å². The third-order valence-electron chi connectivity index (χ3n) is 6.09. The van der Waals surface area contributed by atoms with Gasteiger partial charge in [-0.2, -0.15) is 4.31 Å². The van der Waals surface area contributed by atoms with E-state index in [4.69, 9.17) is 4.74 Å². The third-order valence-corrected chi connectivity index (χ3v) is 7.88. The predicted molar refractivity (Wildman–Crippen MR) is 146 cm³/mol. The first-order chi connectivity index (χ1) is 20.0. The number of halogens is 4. The van der Waals surface area contributed by atoms with E-state index in [1.807, 2.05) is 0 Å². The van der Waals surface area contributed by atoms with Gasteiger partial charge >= 0.3 is 5.97 Å². The lowest BCUT2D eigenvalue weighted by Gasteiger charge is -2.23. The monoisotopic (exact) mass is 600 g/mol. The number of carbonyl (C=O) groups is 2. The van der Waals surface area contributed by atoms with E-state index in [2.05, 4.69) is 5.32 Å². The van der Waals surface area contributed by atoms with Gasteiger partial charge in [-0.3, -0.25) is 4.79 Å². The second kappa shape index (κ2) is 13.0. The molecule has 4 aromatic rings. The minimum Gasteiger partial charge on any atom is -0.462 e. The van der Waals surface area contributed by atoms with E-state index >= 15 is 0 Å². The number of amides is 1. The van der Waals surface area contributed by atoms with Crippen molar-refractivity contribution in [1.29, 1.82) is 0 Å². The zero-order valence-electron chi connectivity index (χ0n) is 22.1. The summed E-state index contributed by atoms with van der Waals surface area (Å²) < 4.78 is 88.6. The summed E-state index contributed by atoms with van der Waals surface area (Å²) in [6.07, 6.45) is 0. The molecule has 0 radical (unpaired) electrons. The number of rotatable bonds is 10. The minimum absolute atomic E-state index is 0.171. The molecule has 0 saturated carbocycles. The maximum atomic E-state index is 14.7. The number of hydrogen-bond donors (Lipinski definition) is 1. The Hall–Kier alpha value is -4.55. The van der Waals surface area contributed by atoms with Crippen LogP contribution in [-0.4, -0.2) is 31.2 Å². The van der Waals surface area contributed by atoms with Crippen molar-refractivity contribution in [3.8, 4) is 0 Å². The van der Waals surface area contributed by atoms with Crippen molar-refractivity contribution in [2.45, 2.75) is 24.9 Å². The van der Waals surface area contributed by atoms with E-state index in [0.29, 0.717) is 17.2 Å². The lowest BCUT2D eigenvalue weighted by atomic mass is 10.1. The topological polar surface area (TPSA) is 92.8 Å². The highest BCUT2D eigenvalue weighted by atomic mass is 32.2. The summed E-state index contributed by atoms with van der Waals surface area (Å²) in [4.78, 5) is 24.3. The van der Waals surface area contributed by atoms with Crippen LogP contribution in [0.3, 0.4) is 0 Å². The first kappa shape index (κ1) is 30.4. The molecule has 218 valence electrons. The Labute approximate surface area is 239 Å². The molecule has 0 aliphatic carbocycles. The highest BCUT2D eigenvalue weighted by molar-refractivity contribution is 7.89.